The summed E-state index contributed by atoms with van der Waals surface area (Å²) in [5.74, 6) is -1.58. The Morgan fingerprint density at radius 1 is 1.28 bits per heavy atom. The van der Waals surface area contributed by atoms with E-state index in [0.29, 0.717) is 12.1 Å². The van der Waals surface area contributed by atoms with Gasteiger partial charge in [-0.3, -0.25) is 14.9 Å². The first-order valence-electron chi connectivity index (χ1n) is 7.62. The number of nitro benzene ring substituents is 1. The molecule has 9 nitrogen and oxygen atoms in total. The summed E-state index contributed by atoms with van der Waals surface area (Å²) in [6.45, 7) is 3.73. The van der Waals surface area contributed by atoms with Crippen molar-refractivity contribution in [2.75, 3.05) is 0 Å². The van der Waals surface area contributed by atoms with Gasteiger partial charge in [0.05, 0.1) is 10.6 Å². The molecule has 0 saturated heterocycles. The van der Waals surface area contributed by atoms with Crippen LogP contribution in [-0.4, -0.2) is 37.7 Å². The fourth-order valence-corrected chi connectivity index (χ4v) is 2.24. The van der Waals surface area contributed by atoms with Crippen molar-refractivity contribution < 1.29 is 19.6 Å². The van der Waals surface area contributed by atoms with Crippen molar-refractivity contribution >= 4 is 17.6 Å². The van der Waals surface area contributed by atoms with Crippen molar-refractivity contribution in [3.05, 3.63) is 52.3 Å². The Bertz CT molecular complexity index is 782. The number of nitrogens with zero attached hydrogens (tertiary/aromatic N) is 3. The zero-order valence-electron chi connectivity index (χ0n) is 13.7. The first-order chi connectivity index (χ1) is 11.8. The highest BCUT2D eigenvalue weighted by Crippen LogP contribution is 2.15. The van der Waals surface area contributed by atoms with Crippen molar-refractivity contribution in [1.29, 1.82) is 0 Å². The van der Waals surface area contributed by atoms with E-state index in [-0.39, 0.29) is 17.3 Å². The lowest BCUT2D eigenvalue weighted by Crippen LogP contribution is -2.41. The number of aliphatic carboxylic acids is 1. The van der Waals surface area contributed by atoms with E-state index in [4.69, 9.17) is 0 Å². The third kappa shape index (κ3) is 4.63. The highest BCUT2D eigenvalue weighted by molar-refractivity contribution is 5.94. The van der Waals surface area contributed by atoms with Gasteiger partial charge in [0, 0.05) is 18.3 Å². The number of non-ortho nitro benzene ring substituents is 1. The maximum Gasteiger partial charge on any atom is 0.326 e. The van der Waals surface area contributed by atoms with Crippen LogP contribution in [0.25, 0.3) is 5.69 Å². The van der Waals surface area contributed by atoms with E-state index in [0.717, 1.165) is 0 Å². The van der Waals surface area contributed by atoms with Crippen LogP contribution >= 0.6 is 0 Å². The standard InChI is InChI=1S/C16H18N4O5/c1-10(2)9-14(16(22)23)17-15(21)13-7-8-19(18-13)11-3-5-12(6-4-11)20(24)25/h3-8,10,14H,9H2,1-2H3,(H,17,21)(H,22,23). The van der Waals surface area contributed by atoms with Crippen LogP contribution in [0.5, 0.6) is 0 Å². The minimum Gasteiger partial charge on any atom is -0.480 e. The molecule has 132 valence electrons. The number of aromatic nitrogens is 2. The highest BCUT2D eigenvalue weighted by Gasteiger charge is 2.22. The lowest BCUT2D eigenvalue weighted by atomic mass is 10.0. The number of hydrogen-bond acceptors (Lipinski definition) is 5. The van der Waals surface area contributed by atoms with Gasteiger partial charge in [-0.25, -0.2) is 9.48 Å². The summed E-state index contributed by atoms with van der Waals surface area (Å²) >= 11 is 0. The van der Waals surface area contributed by atoms with Crippen LogP contribution in [0.4, 0.5) is 5.69 Å². The largest absolute Gasteiger partial charge is 0.480 e. The summed E-state index contributed by atoms with van der Waals surface area (Å²) in [7, 11) is 0. The summed E-state index contributed by atoms with van der Waals surface area (Å²) in [5, 5.41) is 26.4. The van der Waals surface area contributed by atoms with Gasteiger partial charge in [-0.1, -0.05) is 13.8 Å². The van der Waals surface area contributed by atoms with Crippen LogP contribution in [0, 0.1) is 16.0 Å². The van der Waals surface area contributed by atoms with E-state index in [1.54, 1.807) is 0 Å². The monoisotopic (exact) mass is 346 g/mol. The molecule has 2 aromatic rings. The van der Waals surface area contributed by atoms with Gasteiger partial charge < -0.3 is 10.4 Å². The van der Waals surface area contributed by atoms with Gasteiger partial charge in [-0.2, -0.15) is 5.10 Å². The number of nitro groups is 1. The summed E-state index contributed by atoms with van der Waals surface area (Å²) in [6, 6.07) is 6.14. The average molecular weight is 346 g/mol. The Labute approximate surface area is 143 Å². The number of carboxylic acid groups (broad SMARTS) is 1. The Morgan fingerprint density at radius 2 is 1.92 bits per heavy atom. The zero-order valence-corrected chi connectivity index (χ0v) is 13.7. The molecule has 1 aromatic carbocycles. The van der Waals surface area contributed by atoms with Gasteiger partial charge in [-0.05, 0) is 30.5 Å². The summed E-state index contributed by atoms with van der Waals surface area (Å²) < 4.78 is 1.39. The Balaban J connectivity index is 2.12. The fraction of sp³-hybridized carbons (Fsp3) is 0.312. The molecule has 1 unspecified atom stereocenters. The minimum atomic E-state index is -1.10. The number of carboxylic acids is 1. The van der Waals surface area contributed by atoms with Gasteiger partial charge in [0.2, 0.25) is 0 Å². The van der Waals surface area contributed by atoms with E-state index >= 15 is 0 Å². The quantitative estimate of drug-likeness (QED) is 0.583. The summed E-state index contributed by atoms with van der Waals surface area (Å²) in [6.07, 6.45) is 1.83. The molecule has 0 bridgehead atoms. The first-order valence-corrected chi connectivity index (χ1v) is 7.62. The number of carbonyl (C=O) groups excluding carboxylic acids is 1. The Kier molecular flexibility index (Phi) is 5.48. The molecule has 0 aliphatic carbocycles. The fourth-order valence-electron chi connectivity index (χ4n) is 2.24. The van der Waals surface area contributed by atoms with Crippen molar-refractivity contribution in [3.8, 4) is 5.69 Å². The third-order valence-electron chi connectivity index (χ3n) is 3.46. The molecule has 1 heterocycles. The zero-order chi connectivity index (χ0) is 18.6. The van der Waals surface area contributed by atoms with Crippen LogP contribution in [0.3, 0.4) is 0 Å². The Morgan fingerprint density at radius 3 is 2.44 bits per heavy atom. The molecule has 1 atom stereocenters. The van der Waals surface area contributed by atoms with E-state index in [2.05, 4.69) is 10.4 Å². The number of benzene rings is 1. The first kappa shape index (κ1) is 18.1. The molecule has 0 aliphatic rings. The van der Waals surface area contributed by atoms with Crippen molar-refractivity contribution in [1.82, 2.24) is 15.1 Å². The van der Waals surface area contributed by atoms with Crippen molar-refractivity contribution in [3.63, 3.8) is 0 Å². The SMILES string of the molecule is CC(C)CC(NC(=O)c1ccn(-c2ccc([N+](=O)[O-])cc2)n1)C(=O)O. The maximum atomic E-state index is 12.2. The topological polar surface area (TPSA) is 127 Å². The van der Waals surface area contributed by atoms with Gasteiger partial charge in [0.1, 0.15) is 6.04 Å². The van der Waals surface area contributed by atoms with Gasteiger partial charge in [-0.15, -0.1) is 0 Å². The van der Waals surface area contributed by atoms with Crippen LogP contribution in [0.15, 0.2) is 36.5 Å². The van der Waals surface area contributed by atoms with Crippen molar-refractivity contribution in [2.24, 2.45) is 5.92 Å². The Hall–Kier alpha value is -3.23. The second kappa shape index (κ2) is 7.56. The molecule has 2 rings (SSSR count). The second-order valence-electron chi connectivity index (χ2n) is 5.91. The molecule has 1 amide bonds. The summed E-state index contributed by atoms with van der Waals surface area (Å²) in [5.41, 5.74) is 0.557. The third-order valence-corrected chi connectivity index (χ3v) is 3.46. The van der Waals surface area contributed by atoms with Gasteiger partial charge in [0.25, 0.3) is 11.6 Å². The maximum absolute atomic E-state index is 12.2. The van der Waals surface area contributed by atoms with Crippen LogP contribution < -0.4 is 5.32 Å². The number of carbonyl (C=O) groups is 2. The van der Waals surface area contributed by atoms with E-state index in [1.165, 1.54) is 41.2 Å². The second-order valence-corrected chi connectivity index (χ2v) is 5.91. The molecule has 0 radical (unpaired) electrons. The molecule has 9 heteroatoms. The van der Waals surface area contributed by atoms with Crippen LogP contribution in [0.2, 0.25) is 0 Å². The van der Waals surface area contributed by atoms with Crippen LogP contribution in [-0.2, 0) is 4.79 Å². The molecular formula is C16H18N4O5. The molecule has 0 aliphatic heterocycles. The number of amides is 1. The van der Waals surface area contributed by atoms with Gasteiger partial charge in [0.15, 0.2) is 5.69 Å². The lowest BCUT2D eigenvalue weighted by molar-refractivity contribution is -0.384. The van der Waals surface area contributed by atoms with Gasteiger partial charge >= 0.3 is 5.97 Å². The van der Waals surface area contributed by atoms with E-state index in [9.17, 15) is 24.8 Å². The highest BCUT2D eigenvalue weighted by atomic mass is 16.6. The predicted molar refractivity (Wildman–Crippen MR) is 88.6 cm³/mol. The molecular weight excluding hydrogens is 328 g/mol. The molecule has 25 heavy (non-hydrogen) atoms. The molecule has 2 N–H and O–H groups in total. The minimum absolute atomic E-state index is 0.0492. The lowest BCUT2D eigenvalue weighted by Gasteiger charge is -2.15. The number of rotatable bonds is 7. The van der Waals surface area contributed by atoms with E-state index in [1.807, 2.05) is 13.8 Å². The van der Waals surface area contributed by atoms with E-state index < -0.39 is 22.8 Å². The molecule has 0 saturated carbocycles. The number of hydrogen-bond donors (Lipinski definition) is 2. The molecule has 0 fully saturated rings. The summed E-state index contributed by atoms with van der Waals surface area (Å²) in [4.78, 5) is 33.6. The average Bonchev–Trinajstić information content (AvgIpc) is 3.03. The molecule has 1 aromatic heterocycles. The number of nitrogens with one attached hydrogen (secondary N) is 1. The smallest absolute Gasteiger partial charge is 0.326 e. The van der Waals surface area contributed by atoms with Crippen molar-refractivity contribution in [2.45, 2.75) is 26.3 Å². The van der Waals surface area contributed by atoms with Crippen LogP contribution in [0.1, 0.15) is 30.8 Å². The molecule has 0 spiro atoms. The normalized spacial score (nSPS) is 12.0. The predicted octanol–water partition coefficient (Wildman–Crippen LogP) is 2.01.